The predicted octanol–water partition coefficient (Wildman–Crippen LogP) is 4.77. The van der Waals surface area contributed by atoms with Gasteiger partial charge in [-0.3, -0.25) is 0 Å². The molecule has 2 aromatic carbocycles. The van der Waals surface area contributed by atoms with Crippen LogP contribution in [-0.4, -0.2) is 15.4 Å². The smallest absolute Gasteiger partial charge is 0.123 e. The first-order valence-electron chi connectivity index (χ1n) is 6.62. The van der Waals surface area contributed by atoms with Crippen molar-refractivity contribution in [1.29, 1.82) is 0 Å². The molecular formula is C16H13BrClFN2. The van der Waals surface area contributed by atoms with Gasteiger partial charge in [0.05, 0.1) is 11.0 Å². The summed E-state index contributed by atoms with van der Waals surface area (Å²) in [5, 5.41) is 0. The zero-order chi connectivity index (χ0) is 14.8. The standard InChI is InChI=1S/C16H13BrClFN2/c17-12-3-6-14-15(9-12)21(16(20-14)7-8-18)10-11-1-4-13(19)5-2-11/h1-6,9H,7-8,10H2. The van der Waals surface area contributed by atoms with Crippen molar-refractivity contribution in [3.05, 3.63) is 64.1 Å². The van der Waals surface area contributed by atoms with Gasteiger partial charge in [-0.05, 0) is 35.9 Å². The van der Waals surface area contributed by atoms with Crippen LogP contribution in [-0.2, 0) is 13.0 Å². The van der Waals surface area contributed by atoms with Gasteiger partial charge in [-0.25, -0.2) is 9.37 Å². The van der Waals surface area contributed by atoms with E-state index in [0.29, 0.717) is 18.8 Å². The number of benzene rings is 2. The Morgan fingerprint density at radius 1 is 1.14 bits per heavy atom. The summed E-state index contributed by atoms with van der Waals surface area (Å²) in [6.07, 6.45) is 0.703. The van der Waals surface area contributed by atoms with Gasteiger partial charge in [0.25, 0.3) is 0 Å². The molecule has 0 amide bonds. The summed E-state index contributed by atoms with van der Waals surface area (Å²) >= 11 is 9.37. The van der Waals surface area contributed by atoms with Gasteiger partial charge in [-0.1, -0.05) is 28.1 Å². The van der Waals surface area contributed by atoms with Crippen LogP contribution in [0.25, 0.3) is 11.0 Å². The highest BCUT2D eigenvalue weighted by Crippen LogP contribution is 2.23. The van der Waals surface area contributed by atoms with E-state index >= 15 is 0 Å². The van der Waals surface area contributed by atoms with Gasteiger partial charge in [0.2, 0.25) is 0 Å². The molecule has 3 rings (SSSR count). The van der Waals surface area contributed by atoms with E-state index in [9.17, 15) is 4.39 Å². The largest absolute Gasteiger partial charge is 0.323 e. The molecule has 0 aliphatic heterocycles. The van der Waals surface area contributed by atoms with Crippen LogP contribution in [0.3, 0.4) is 0 Å². The summed E-state index contributed by atoms with van der Waals surface area (Å²) in [5.41, 5.74) is 3.03. The Morgan fingerprint density at radius 3 is 2.62 bits per heavy atom. The summed E-state index contributed by atoms with van der Waals surface area (Å²) < 4.78 is 16.2. The Bertz CT molecular complexity index is 768. The van der Waals surface area contributed by atoms with Gasteiger partial charge in [-0.15, -0.1) is 11.6 Å². The van der Waals surface area contributed by atoms with Crippen molar-refractivity contribution >= 4 is 38.6 Å². The van der Waals surface area contributed by atoms with Crippen molar-refractivity contribution in [2.24, 2.45) is 0 Å². The van der Waals surface area contributed by atoms with Gasteiger partial charge >= 0.3 is 0 Å². The van der Waals surface area contributed by atoms with Crippen LogP contribution in [0.2, 0.25) is 0 Å². The van der Waals surface area contributed by atoms with Crippen LogP contribution in [0, 0.1) is 5.82 Å². The zero-order valence-corrected chi connectivity index (χ0v) is 13.5. The molecule has 5 heteroatoms. The first kappa shape index (κ1) is 14.5. The molecule has 0 unspecified atom stereocenters. The number of fused-ring (bicyclic) bond motifs is 1. The van der Waals surface area contributed by atoms with Gasteiger partial charge in [-0.2, -0.15) is 0 Å². The first-order valence-corrected chi connectivity index (χ1v) is 7.95. The summed E-state index contributed by atoms with van der Waals surface area (Å²) in [6.45, 7) is 0.652. The molecule has 1 aromatic heterocycles. The SMILES string of the molecule is Fc1ccc(Cn2c(CCCl)nc3ccc(Br)cc32)cc1. The van der Waals surface area contributed by atoms with Gasteiger partial charge < -0.3 is 4.57 Å². The van der Waals surface area contributed by atoms with Crippen LogP contribution in [0.4, 0.5) is 4.39 Å². The van der Waals surface area contributed by atoms with E-state index in [0.717, 1.165) is 26.9 Å². The second-order valence-electron chi connectivity index (χ2n) is 4.81. The average Bonchev–Trinajstić information content (AvgIpc) is 2.79. The third-order valence-electron chi connectivity index (χ3n) is 3.36. The van der Waals surface area contributed by atoms with Crippen LogP contribution >= 0.6 is 27.5 Å². The molecule has 3 aromatic rings. The maximum atomic E-state index is 13.0. The van der Waals surface area contributed by atoms with E-state index in [-0.39, 0.29) is 5.82 Å². The van der Waals surface area contributed by atoms with E-state index in [1.165, 1.54) is 12.1 Å². The number of rotatable bonds is 4. The molecule has 0 aliphatic carbocycles. The van der Waals surface area contributed by atoms with E-state index in [1.54, 1.807) is 12.1 Å². The van der Waals surface area contributed by atoms with Crippen molar-refractivity contribution in [2.45, 2.75) is 13.0 Å². The lowest BCUT2D eigenvalue weighted by Crippen LogP contribution is -2.06. The lowest BCUT2D eigenvalue weighted by atomic mass is 10.2. The minimum Gasteiger partial charge on any atom is -0.323 e. The minimum atomic E-state index is -0.224. The highest BCUT2D eigenvalue weighted by Gasteiger charge is 2.11. The Labute approximate surface area is 135 Å². The van der Waals surface area contributed by atoms with Gasteiger partial charge in [0, 0.05) is 23.3 Å². The molecule has 0 bridgehead atoms. The van der Waals surface area contributed by atoms with E-state index in [4.69, 9.17) is 11.6 Å². The fourth-order valence-electron chi connectivity index (χ4n) is 2.37. The highest BCUT2D eigenvalue weighted by atomic mass is 79.9. The number of aryl methyl sites for hydroxylation is 1. The average molecular weight is 368 g/mol. The number of hydrogen-bond donors (Lipinski definition) is 0. The second-order valence-corrected chi connectivity index (χ2v) is 6.11. The van der Waals surface area contributed by atoms with Crippen molar-refractivity contribution < 1.29 is 4.39 Å². The quantitative estimate of drug-likeness (QED) is 0.608. The number of hydrogen-bond acceptors (Lipinski definition) is 1. The van der Waals surface area contributed by atoms with Crippen LogP contribution in [0.15, 0.2) is 46.9 Å². The number of alkyl halides is 1. The molecule has 0 saturated carbocycles. The third kappa shape index (κ3) is 3.11. The van der Waals surface area contributed by atoms with Crippen molar-refractivity contribution in [3.63, 3.8) is 0 Å². The fraction of sp³-hybridized carbons (Fsp3) is 0.188. The molecule has 0 N–H and O–H groups in total. The fourth-order valence-corrected chi connectivity index (χ4v) is 2.89. The molecule has 2 nitrogen and oxygen atoms in total. The zero-order valence-electron chi connectivity index (χ0n) is 11.2. The van der Waals surface area contributed by atoms with Crippen LogP contribution in [0.5, 0.6) is 0 Å². The molecular weight excluding hydrogens is 355 g/mol. The first-order chi connectivity index (χ1) is 10.2. The highest BCUT2D eigenvalue weighted by molar-refractivity contribution is 9.10. The molecule has 108 valence electrons. The normalized spacial score (nSPS) is 11.2. The molecule has 0 spiro atoms. The summed E-state index contributed by atoms with van der Waals surface area (Å²) in [7, 11) is 0. The van der Waals surface area contributed by atoms with Crippen LogP contribution < -0.4 is 0 Å². The van der Waals surface area contributed by atoms with Crippen molar-refractivity contribution in [3.8, 4) is 0 Å². The molecule has 0 saturated heterocycles. The Morgan fingerprint density at radius 2 is 1.90 bits per heavy atom. The van der Waals surface area contributed by atoms with Gasteiger partial charge in [0.1, 0.15) is 11.6 Å². The number of aromatic nitrogens is 2. The number of halogens is 3. The molecule has 1 heterocycles. The number of nitrogens with zero attached hydrogens (tertiary/aromatic N) is 2. The summed E-state index contributed by atoms with van der Waals surface area (Å²) in [4.78, 5) is 4.64. The third-order valence-corrected chi connectivity index (χ3v) is 4.04. The summed E-state index contributed by atoms with van der Waals surface area (Å²) in [6, 6.07) is 12.5. The van der Waals surface area contributed by atoms with Crippen LogP contribution in [0.1, 0.15) is 11.4 Å². The van der Waals surface area contributed by atoms with Gasteiger partial charge in [0.15, 0.2) is 0 Å². The molecule has 21 heavy (non-hydrogen) atoms. The maximum absolute atomic E-state index is 13.0. The lowest BCUT2D eigenvalue weighted by molar-refractivity contribution is 0.626. The van der Waals surface area contributed by atoms with E-state index in [2.05, 4.69) is 25.5 Å². The number of imidazole rings is 1. The lowest BCUT2D eigenvalue weighted by Gasteiger charge is -2.09. The van der Waals surface area contributed by atoms with E-state index < -0.39 is 0 Å². The Kier molecular flexibility index (Phi) is 4.27. The Balaban J connectivity index is 2.07. The predicted molar refractivity (Wildman–Crippen MR) is 87.4 cm³/mol. The monoisotopic (exact) mass is 366 g/mol. The van der Waals surface area contributed by atoms with Crippen molar-refractivity contribution in [1.82, 2.24) is 9.55 Å². The molecule has 0 atom stereocenters. The summed E-state index contributed by atoms with van der Waals surface area (Å²) in [5.74, 6) is 1.24. The topological polar surface area (TPSA) is 17.8 Å². The van der Waals surface area contributed by atoms with Crippen molar-refractivity contribution in [2.75, 3.05) is 5.88 Å². The molecule has 0 aliphatic rings. The Hall–Kier alpha value is -1.39. The molecule has 0 radical (unpaired) electrons. The maximum Gasteiger partial charge on any atom is 0.123 e. The molecule has 0 fully saturated rings. The second kappa shape index (κ2) is 6.16. The minimum absolute atomic E-state index is 0.224. The van der Waals surface area contributed by atoms with E-state index in [1.807, 2.05) is 18.2 Å².